The van der Waals surface area contributed by atoms with Crippen LogP contribution < -0.4 is 4.90 Å². The fraction of sp³-hybridized carbons (Fsp3) is 0.0909. The lowest BCUT2D eigenvalue weighted by atomic mass is 9.73. The van der Waals surface area contributed by atoms with Gasteiger partial charge in [-0.3, -0.25) is 0 Å². The molecule has 3 heteroatoms. The van der Waals surface area contributed by atoms with Crippen LogP contribution in [0.4, 0.5) is 17.1 Å². The van der Waals surface area contributed by atoms with Crippen LogP contribution in [0, 0.1) is 11.3 Å². The summed E-state index contributed by atoms with van der Waals surface area (Å²) >= 11 is 0. The van der Waals surface area contributed by atoms with E-state index in [1.165, 1.54) is 22.5 Å². The lowest BCUT2D eigenvalue weighted by molar-refractivity contribution is 0.632. The third kappa shape index (κ3) is 3.39. The summed E-state index contributed by atoms with van der Waals surface area (Å²) in [5, 5.41) is 9.66. The summed E-state index contributed by atoms with van der Waals surface area (Å²) in [5.74, 6) is 0. The molecule has 36 heavy (non-hydrogen) atoms. The Morgan fingerprint density at radius 3 is 1.97 bits per heavy atom. The van der Waals surface area contributed by atoms with Crippen molar-refractivity contribution in [3.05, 3.63) is 132 Å². The molecule has 4 aromatic carbocycles. The van der Waals surface area contributed by atoms with Crippen LogP contribution in [-0.4, -0.2) is 4.98 Å². The minimum Gasteiger partial charge on any atom is -0.310 e. The summed E-state index contributed by atoms with van der Waals surface area (Å²) in [6.07, 6.45) is 1.66. The Bertz CT molecular complexity index is 1590. The van der Waals surface area contributed by atoms with E-state index in [2.05, 4.69) is 115 Å². The standard InChI is InChI=1S/C33H25N3/c1-33(2)28-16-5-7-18-31(28)36(32-19-8-6-17-29(32)33)24-12-9-11-23(21-24)25-13-3-4-14-26(25)27-15-10-20-35-30(27)22-34/h3-21H,1-2H3. The molecule has 6 rings (SSSR count). The summed E-state index contributed by atoms with van der Waals surface area (Å²) < 4.78 is 0. The highest BCUT2D eigenvalue weighted by molar-refractivity contribution is 5.90. The molecule has 0 amide bonds. The van der Waals surface area contributed by atoms with Crippen molar-refractivity contribution >= 4 is 17.1 Å². The molecule has 0 radical (unpaired) electrons. The predicted octanol–water partition coefficient (Wildman–Crippen LogP) is 8.40. The highest BCUT2D eigenvalue weighted by Crippen LogP contribution is 2.52. The van der Waals surface area contributed by atoms with Crippen LogP contribution in [0.25, 0.3) is 22.3 Å². The van der Waals surface area contributed by atoms with E-state index in [4.69, 9.17) is 0 Å². The van der Waals surface area contributed by atoms with Gasteiger partial charge in [0.15, 0.2) is 0 Å². The van der Waals surface area contributed by atoms with Gasteiger partial charge in [-0.25, -0.2) is 4.98 Å². The number of anilines is 3. The predicted molar refractivity (Wildman–Crippen MR) is 147 cm³/mol. The van der Waals surface area contributed by atoms with E-state index in [9.17, 15) is 5.26 Å². The first-order valence-corrected chi connectivity index (χ1v) is 12.1. The summed E-state index contributed by atoms with van der Waals surface area (Å²) in [6, 6.07) is 40.4. The fourth-order valence-electron chi connectivity index (χ4n) is 5.44. The molecule has 0 saturated carbocycles. The van der Waals surface area contributed by atoms with Crippen LogP contribution in [0.3, 0.4) is 0 Å². The maximum Gasteiger partial charge on any atom is 0.148 e. The van der Waals surface area contributed by atoms with E-state index in [0.717, 1.165) is 27.9 Å². The van der Waals surface area contributed by atoms with Crippen LogP contribution in [0.1, 0.15) is 30.7 Å². The molecule has 0 spiro atoms. The number of hydrogen-bond donors (Lipinski definition) is 0. The number of nitriles is 1. The number of pyridine rings is 1. The van der Waals surface area contributed by atoms with Gasteiger partial charge in [0.25, 0.3) is 0 Å². The van der Waals surface area contributed by atoms with Crippen molar-refractivity contribution in [3.63, 3.8) is 0 Å². The van der Waals surface area contributed by atoms with E-state index in [0.29, 0.717) is 5.69 Å². The molecule has 3 nitrogen and oxygen atoms in total. The molecule has 1 aliphatic heterocycles. The molecule has 0 atom stereocenters. The lowest BCUT2D eigenvalue weighted by Crippen LogP contribution is -2.30. The van der Waals surface area contributed by atoms with Crippen molar-refractivity contribution in [2.24, 2.45) is 0 Å². The summed E-state index contributed by atoms with van der Waals surface area (Å²) in [7, 11) is 0. The van der Waals surface area contributed by atoms with Crippen molar-refractivity contribution in [2.45, 2.75) is 19.3 Å². The van der Waals surface area contributed by atoms with Gasteiger partial charge in [0.1, 0.15) is 11.8 Å². The van der Waals surface area contributed by atoms with Crippen LogP contribution in [0.2, 0.25) is 0 Å². The second-order valence-electron chi connectivity index (χ2n) is 9.60. The third-order valence-corrected chi connectivity index (χ3v) is 7.18. The zero-order valence-corrected chi connectivity index (χ0v) is 20.3. The minimum atomic E-state index is -0.0953. The van der Waals surface area contributed by atoms with Gasteiger partial charge in [0.05, 0.1) is 11.4 Å². The van der Waals surface area contributed by atoms with Crippen LogP contribution in [-0.2, 0) is 5.41 Å². The maximum atomic E-state index is 9.66. The Morgan fingerprint density at radius 2 is 1.28 bits per heavy atom. The first kappa shape index (κ1) is 21.8. The van der Waals surface area contributed by atoms with E-state index in [1.807, 2.05) is 24.3 Å². The zero-order valence-electron chi connectivity index (χ0n) is 20.3. The highest BCUT2D eigenvalue weighted by Gasteiger charge is 2.36. The average Bonchev–Trinajstić information content (AvgIpc) is 2.93. The van der Waals surface area contributed by atoms with Gasteiger partial charge < -0.3 is 4.90 Å². The van der Waals surface area contributed by atoms with Gasteiger partial charge in [-0.05, 0) is 64.2 Å². The van der Waals surface area contributed by atoms with Crippen molar-refractivity contribution < 1.29 is 0 Å². The SMILES string of the molecule is CC1(C)c2ccccc2N(c2cccc(-c3ccccc3-c3cccnc3C#N)c2)c2ccccc21. The topological polar surface area (TPSA) is 39.9 Å². The smallest absolute Gasteiger partial charge is 0.148 e. The third-order valence-electron chi connectivity index (χ3n) is 7.18. The molecule has 5 aromatic rings. The molecule has 1 aliphatic rings. The molecule has 0 N–H and O–H groups in total. The van der Waals surface area contributed by atoms with Crippen molar-refractivity contribution in [2.75, 3.05) is 4.90 Å². The number of para-hydroxylation sites is 2. The number of benzene rings is 4. The number of hydrogen-bond acceptors (Lipinski definition) is 3. The van der Waals surface area contributed by atoms with Gasteiger partial charge >= 0.3 is 0 Å². The Labute approximate surface area is 211 Å². The van der Waals surface area contributed by atoms with E-state index in [-0.39, 0.29) is 5.41 Å². The normalized spacial score (nSPS) is 13.4. The number of fused-ring (bicyclic) bond motifs is 2. The molecule has 0 saturated heterocycles. The molecule has 2 heterocycles. The second kappa shape index (κ2) is 8.52. The molecule has 0 fully saturated rings. The lowest BCUT2D eigenvalue weighted by Gasteiger charge is -2.42. The number of rotatable bonds is 3. The van der Waals surface area contributed by atoms with Gasteiger partial charge in [0.2, 0.25) is 0 Å². The molecule has 1 aromatic heterocycles. The van der Waals surface area contributed by atoms with Crippen molar-refractivity contribution in [1.82, 2.24) is 4.98 Å². The van der Waals surface area contributed by atoms with Crippen LogP contribution in [0.15, 0.2) is 115 Å². The Hall–Kier alpha value is -4.68. The molecule has 172 valence electrons. The summed E-state index contributed by atoms with van der Waals surface area (Å²) in [4.78, 5) is 6.66. The quantitative estimate of drug-likeness (QED) is 0.270. The first-order valence-electron chi connectivity index (χ1n) is 12.1. The molecular weight excluding hydrogens is 438 g/mol. The molecular formula is C33H25N3. The van der Waals surface area contributed by atoms with Gasteiger partial charge in [-0.15, -0.1) is 0 Å². The second-order valence-corrected chi connectivity index (χ2v) is 9.60. The number of aromatic nitrogens is 1. The van der Waals surface area contributed by atoms with Crippen LogP contribution in [0.5, 0.6) is 0 Å². The van der Waals surface area contributed by atoms with Gasteiger partial charge in [-0.1, -0.05) is 86.6 Å². The fourth-order valence-corrected chi connectivity index (χ4v) is 5.44. The molecule has 0 unspecified atom stereocenters. The largest absolute Gasteiger partial charge is 0.310 e. The van der Waals surface area contributed by atoms with Crippen molar-refractivity contribution in [1.29, 1.82) is 5.26 Å². The Kier molecular flexibility index (Phi) is 5.16. The monoisotopic (exact) mass is 463 g/mol. The average molecular weight is 464 g/mol. The minimum absolute atomic E-state index is 0.0953. The summed E-state index contributed by atoms with van der Waals surface area (Å²) in [6.45, 7) is 4.60. The van der Waals surface area contributed by atoms with Gasteiger partial charge in [0, 0.05) is 22.9 Å². The van der Waals surface area contributed by atoms with Gasteiger partial charge in [-0.2, -0.15) is 5.26 Å². The van der Waals surface area contributed by atoms with Crippen molar-refractivity contribution in [3.8, 4) is 28.3 Å². The molecule has 0 aliphatic carbocycles. The zero-order chi connectivity index (χ0) is 24.7. The maximum absolute atomic E-state index is 9.66. The highest BCUT2D eigenvalue weighted by atomic mass is 15.2. The molecule has 0 bridgehead atoms. The number of nitrogens with zero attached hydrogens (tertiary/aromatic N) is 3. The van der Waals surface area contributed by atoms with E-state index >= 15 is 0 Å². The van der Waals surface area contributed by atoms with Crippen LogP contribution >= 0.6 is 0 Å². The van der Waals surface area contributed by atoms with E-state index < -0.39 is 0 Å². The summed E-state index contributed by atoms with van der Waals surface area (Å²) in [5.41, 5.74) is 10.5. The Morgan fingerprint density at radius 1 is 0.667 bits per heavy atom. The Balaban J connectivity index is 1.54. The first-order chi connectivity index (χ1) is 17.6. The van der Waals surface area contributed by atoms with E-state index in [1.54, 1.807) is 6.20 Å².